The Morgan fingerprint density at radius 2 is 0.967 bits per heavy atom. The fourth-order valence-corrected chi connectivity index (χ4v) is 9.39. The van der Waals surface area contributed by atoms with Crippen LogP contribution in [0.3, 0.4) is 0 Å². The largest absolute Gasteiger partial charge is 1.00 e. The number of amides is 4. The molecule has 0 unspecified atom stereocenters. The van der Waals surface area contributed by atoms with E-state index in [9.17, 15) is 24.3 Å². The minimum absolute atomic E-state index is 0. The SMILES string of the molecule is CN(C)C1(c2ccccc2)CCC2(CC1)CN(c1cnc(C(=O)[O-])nc1)C(=O)N2.COC(=O)c1ncc(N2CC3(CCC(c4ccccc4)(N(C)C)CC3)NC2=O)cn1.[Li+]. The van der Waals surface area contributed by atoms with Crippen LogP contribution in [0.25, 0.3) is 0 Å². The van der Waals surface area contributed by atoms with Gasteiger partial charge in [0, 0.05) is 11.1 Å². The van der Waals surface area contributed by atoms with Crippen LogP contribution in [0.15, 0.2) is 85.5 Å². The summed E-state index contributed by atoms with van der Waals surface area (Å²) in [6.45, 7) is 1.07. The Bertz CT molecular complexity index is 2140. The Balaban J connectivity index is 0.000000198. The molecule has 2 spiro atoms. The number of hydrogen-bond donors (Lipinski definition) is 2. The van der Waals surface area contributed by atoms with Gasteiger partial charge in [-0.3, -0.25) is 19.6 Å². The number of rotatable bonds is 8. The van der Waals surface area contributed by atoms with E-state index in [4.69, 9.17) is 0 Å². The second kappa shape index (κ2) is 17.7. The summed E-state index contributed by atoms with van der Waals surface area (Å²) in [7, 11) is 9.76. The number of benzene rings is 2. The molecule has 4 heterocycles. The smallest absolute Gasteiger partial charge is 0.542 e. The van der Waals surface area contributed by atoms with Crippen LogP contribution >= 0.6 is 0 Å². The molecule has 17 heteroatoms. The van der Waals surface area contributed by atoms with Crippen molar-refractivity contribution in [3.8, 4) is 0 Å². The molecule has 2 saturated heterocycles. The molecule has 0 bridgehead atoms. The van der Waals surface area contributed by atoms with Crippen LogP contribution in [-0.4, -0.2) is 113 Å². The van der Waals surface area contributed by atoms with Crippen LogP contribution in [-0.2, 0) is 15.8 Å². The number of anilines is 2. The molecule has 2 aromatic heterocycles. The third-order valence-electron chi connectivity index (χ3n) is 13.0. The summed E-state index contributed by atoms with van der Waals surface area (Å²) >= 11 is 0. The number of carbonyl (C=O) groups is 4. The third kappa shape index (κ3) is 8.47. The van der Waals surface area contributed by atoms with E-state index in [0.717, 1.165) is 51.4 Å². The Morgan fingerprint density at radius 3 is 1.28 bits per heavy atom. The number of ether oxygens (including phenoxy) is 1. The second-order valence-electron chi connectivity index (χ2n) is 16.5. The van der Waals surface area contributed by atoms with Crippen LogP contribution in [0.4, 0.5) is 21.0 Å². The van der Waals surface area contributed by atoms with Crippen molar-refractivity contribution >= 4 is 35.4 Å². The van der Waals surface area contributed by atoms with Crippen molar-refractivity contribution in [3.63, 3.8) is 0 Å². The maximum Gasteiger partial charge on any atom is 1.00 e. The molecule has 2 aromatic carbocycles. The topological polar surface area (TPSA) is 189 Å². The molecule has 8 rings (SSSR count). The molecule has 4 aromatic rings. The maximum atomic E-state index is 12.7. The van der Waals surface area contributed by atoms with Gasteiger partial charge in [0.2, 0.25) is 5.82 Å². The van der Waals surface area contributed by atoms with Gasteiger partial charge in [-0.1, -0.05) is 60.7 Å². The van der Waals surface area contributed by atoms with Gasteiger partial charge in [-0.2, -0.15) is 0 Å². The number of esters is 1. The average Bonchev–Trinajstić information content (AvgIpc) is 3.76. The standard InChI is InChI=1S/C22H27N5O3.C21H25N5O3.Li/c1-26(2)22(16-7-5-4-6-8-16)11-9-21(10-12-22)15-27(20(29)25-21)17-13-23-18(24-14-17)19(28)30-3;1-25(2)21(15-6-4-3-5-7-15)10-8-20(9-11-21)14-26(19(29)24-20)16-12-22-17(18(27)28)23-13-16;/h4-8,13-14H,9-12,15H2,1-3H3,(H,25,29);3-7,12-13H,8-11,14H2,1-2H3,(H,24,29)(H,27,28);/q;;+1/p-1. The number of nitrogens with one attached hydrogen (secondary N) is 2. The summed E-state index contributed by atoms with van der Waals surface area (Å²) in [6.07, 6.45) is 12.9. The fraction of sp³-hybridized carbons (Fsp3) is 0.442. The monoisotopic (exact) mass is 810 g/mol. The Kier molecular flexibility index (Phi) is 13.0. The number of hydrogen-bond acceptors (Lipinski definition) is 12. The number of aromatic nitrogens is 4. The zero-order valence-corrected chi connectivity index (χ0v) is 35.2. The predicted octanol–water partition coefficient (Wildman–Crippen LogP) is 0.706. The molecule has 2 saturated carbocycles. The number of carboxylic acids is 1. The van der Waals surface area contributed by atoms with Crippen molar-refractivity contribution in [1.82, 2.24) is 40.4 Å². The molecule has 0 atom stereocenters. The van der Waals surface area contributed by atoms with Gasteiger partial charge in [0.15, 0.2) is 5.82 Å². The summed E-state index contributed by atoms with van der Waals surface area (Å²) in [6, 6.07) is 20.8. The van der Waals surface area contributed by atoms with Crippen LogP contribution in [0.1, 0.15) is 83.7 Å². The van der Waals surface area contributed by atoms with Crippen molar-refractivity contribution in [2.24, 2.45) is 0 Å². The molecular weight excluding hydrogens is 759 g/mol. The summed E-state index contributed by atoms with van der Waals surface area (Å²) in [5.41, 5.74) is 3.01. The fourth-order valence-electron chi connectivity index (χ4n) is 9.39. The summed E-state index contributed by atoms with van der Waals surface area (Å²) in [4.78, 5) is 71.2. The Labute approximate surface area is 362 Å². The number of urea groups is 2. The molecule has 2 N–H and O–H groups in total. The normalized spacial score (nSPS) is 26.0. The van der Waals surface area contributed by atoms with E-state index in [2.05, 4.69) is 122 Å². The molecule has 4 amide bonds. The number of aromatic carboxylic acids is 1. The van der Waals surface area contributed by atoms with Gasteiger partial charge in [0.05, 0.1) is 67.4 Å². The van der Waals surface area contributed by atoms with E-state index in [1.54, 1.807) is 9.80 Å². The van der Waals surface area contributed by atoms with Gasteiger partial charge in [0.1, 0.15) is 5.97 Å². The molecule has 310 valence electrons. The first-order valence-electron chi connectivity index (χ1n) is 19.8. The first-order valence-corrected chi connectivity index (χ1v) is 19.8. The van der Waals surface area contributed by atoms with Crippen LogP contribution in [0.5, 0.6) is 0 Å². The van der Waals surface area contributed by atoms with Gasteiger partial charge in [0.25, 0.3) is 0 Å². The van der Waals surface area contributed by atoms with Gasteiger partial charge >= 0.3 is 36.9 Å². The number of nitrogens with zero attached hydrogens (tertiary/aromatic N) is 8. The Hall–Kier alpha value is -5.40. The predicted molar refractivity (Wildman–Crippen MR) is 218 cm³/mol. The molecule has 2 aliphatic heterocycles. The maximum absolute atomic E-state index is 12.7. The zero-order chi connectivity index (χ0) is 42.0. The molecular formula is C43H51LiN10O6. The van der Waals surface area contributed by atoms with Crippen molar-refractivity contribution in [2.75, 3.05) is 58.2 Å². The third-order valence-corrected chi connectivity index (χ3v) is 13.0. The van der Waals surface area contributed by atoms with E-state index >= 15 is 0 Å². The molecule has 16 nitrogen and oxygen atoms in total. The number of carbonyl (C=O) groups excluding carboxylic acids is 4. The number of carboxylic acid groups (broad SMARTS) is 1. The summed E-state index contributed by atoms with van der Waals surface area (Å²) < 4.78 is 4.63. The van der Waals surface area contributed by atoms with Crippen LogP contribution in [0.2, 0.25) is 0 Å². The second-order valence-corrected chi connectivity index (χ2v) is 16.5. The first-order chi connectivity index (χ1) is 28.2. The summed E-state index contributed by atoms with van der Waals surface area (Å²) in [5, 5.41) is 17.2. The summed E-state index contributed by atoms with van der Waals surface area (Å²) in [5.74, 6) is -2.45. The van der Waals surface area contributed by atoms with Crippen molar-refractivity contribution in [1.29, 1.82) is 0 Å². The van der Waals surface area contributed by atoms with E-state index < -0.39 is 11.9 Å². The quantitative estimate of drug-likeness (QED) is 0.188. The molecule has 4 fully saturated rings. The van der Waals surface area contributed by atoms with Crippen LogP contribution < -0.4 is 44.4 Å². The van der Waals surface area contributed by atoms with Crippen LogP contribution in [0, 0.1) is 0 Å². The van der Waals surface area contributed by atoms with Crippen molar-refractivity contribution in [3.05, 3.63) is 108 Å². The zero-order valence-electron chi connectivity index (χ0n) is 35.2. The van der Waals surface area contributed by atoms with E-state index in [0.29, 0.717) is 24.5 Å². The molecule has 2 aliphatic carbocycles. The average molecular weight is 811 g/mol. The Morgan fingerprint density at radius 1 is 0.617 bits per heavy atom. The minimum Gasteiger partial charge on any atom is -0.542 e. The molecule has 0 radical (unpaired) electrons. The van der Waals surface area contributed by atoms with Crippen molar-refractivity contribution in [2.45, 2.75) is 73.5 Å². The number of methoxy groups -OCH3 is 1. The molecule has 60 heavy (non-hydrogen) atoms. The molecule has 4 aliphatic rings. The van der Waals surface area contributed by atoms with E-state index in [1.807, 2.05) is 12.1 Å². The van der Waals surface area contributed by atoms with Gasteiger partial charge in [-0.25, -0.2) is 34.3 Å². The van der Waals surface area contributed by atoms with E-state index in [1.165, 1.54) is 43.0 Å². The van der Waals surface area contributed by atoms with Gasteiger partial charge in [-0.05, 0) is 90.7 Å². The first kappa shape index (κ1) is 44.2. The van der Waals surface area contributed by atoms with Gasteiger partial charge < -0.3 is 25.3 Å². The van der Waals surface area contributed by atoms with Gasteiger partial charge in [-0.15, -0.1) is 0 Å². The van der Waals surface area contributed by atoms with E-state index in [-0.39, 0.29) is 64.7 Å². The van der Waals surface area contributed by atoms with Crippen molar-refractivity contribution < 1.29 is 47.9 Å². The minimum atomic E-state index is -1.44.